The minimum atomic E-state index is -4.58. The number of nitrogens with zero attached hydrogens (tertiary/aromatic N) is 3. The lowest BCUT2D eigenvalue weighted by molar-refractivity contribution is -0.137. The normalized spacial score (nSPS) is 13.8. The van der Waals surface area contributed by atoms with E-state index in [1.807, 2.05) is 0 Å². The number of benzene rings is 2. The van der Waals surface area contributed by atoms with Crippen molar-refractivity contribution in [2.24, 2.45) is 0 Å². The third-order valence-electron chi connectivity index (χ3n) is 4.49. The van der Waals surface area contributed by atoms with Crippen LogP contribution >= 0.6 is 0 Å². The number of aromatic nitrogens is 1. The van der Waals surface area contributed by atoms with E-state index in [1.54, 1.807) is 11.0 Å². The Kier molecular flexibility index (Phi) is 4.98. The van der Waals surface area contributed by atoms with Gasteiger partial charge in [-0.1, -0.05) is 0 Å². The molecule has 0 fully saturated rings. The maximum absolute atomic E-state index is 13.0. The van der Waals surface area contributed by atoms with E-state index in [0.717, 1.165) is 12.1 Å². The highest BCUT2D eigenvalue weighted by Gasteiger charge is 2.32. The Bertz CT molecular complexity index is 1270. The van der Waals surface area contributed by atoms with Crippen LogP contribution in [0.15, 0.2) is 58.2 Å². The summed E-state index contributed by atoms with van der Waals surface area (Å²) in [5.74, 6) is 0.199. The van der Waals surface area contributed by atoms with E-state index in [-0.39, 0.29) is 41.1 Å². The van der Waals surface area contributed by atoms with Crippen molar-refractivity contribution in [1.82, 2.24) is 4.98 Å². The van der Waals surface area contributed by atoms with E-state index in [4.69, 9.17) is 9.15 Å². The highest BCUT2D eigenvalue weighted by molar-refractivity contribution is 7.92. The van der Waals surface area contributed by atoms with Crippen LogP contribution in [-0.4, -0.2) is 26.6 Å². The van der Waals surface area contributed by atoms with Gasteiger partial charge in [-0.15, -0.1) is 0 Å². The topological polar surface area (TPSA) is 108 Å². The highest BCUT2D eigenvalue weighted by atomic mass is 32.2. The Balaban J connectivity index is 1.71. The van der Waals surface area contributed by atoms with Crippen molar-refractivity contribution in [1.29, 1.82) is 5.26 Å². The summed E-state index contributed by atoms with van der Waals surface area (Å²) >= 11 is 0. The zero-order chi connectivity index (χ0) is 22.2. The smallest absolute Gasteiger partial charge is 0.416 e. The van der Waals surface area contributed by atoms with Gasteiger partial charge in [0.15, 0.2) is 0 Å². The number of oxazole rings is 1. The maximum Gasteiger partial charge on any atom is 0.416 e. The molecule has 2 heterocycles. The van der Waals surface area contributed by atoms with Gasteiger partial charge in [-0.05, 0) is 30.3 Å². The fourth-order valence-corrected chi connectivity index (χ4v) is 4.06. The molecule has 0 unspecified atom stereocenters. The average Bonchev–Trinajstić information content (AvgIpc) is 3.24. The summed E-state index contributed by atoms with van der Waals surface area (Å²) in [6.45, 7) is 0.392. The van der Waals surface area contributed by atoms with Crippen LogP contribution < -0.4 is 14.4 Å². The molecule has 160 valence electrons. The minimum absolute atomic E-state index is 0.126. The third kappa shape index (κ3) is 3.99. The number of rotatable bonds is 4. The van der Waals surface area contributed by atoms with Crippen LogP contribution in [0.1, 0.15) is 11.1 Å². The molecule has 0 spiro atoms. The monoisotopic (exact) mass is 450 g/mol. The number of halogens is 3. The Labute approximate surface area is 174 Å². The molecule has 2 aromatic carbocycles. The van der Waals surface area contributed by atoms with Crippen molar-refractivity contribution in [3.63, 3.8) is 0 Å². The average molecular weight is 450 g/mol. The summed E-state index contributed by atoms with van der Waals surface area (Å²) < 4.78 is 76.7. The zero-order valence-electron chi connectivity index (χ0n) is 15.5. The van der Waals surface area contributed by atoms with Gasteiger partial charge in [-0.25, -0.2) is 18.1 Å². The number of fused-ring (bicyclic) bond motifs is 1. The first-order valence-electron chi connectivity index (χ1n) is 8.77. The van der Waals surface area contributed by atoms with Crippen LogP contribution in [0.5, 0.6) is 5.75 Å². The van der Waals surface area contributed by atoms with Crippen molar-refractivity contribution >= 4 is 27.4 Å². The van der Waals surface area contributed by atoms with Gasteiger partial charge in [0.05, 0.1) is 40.1 Å². The fourth-order valence-electron chi connectivity index (χ4n) is 3.10. The van der Waals surface area contributed by atoms with E-state index in [1.165, 1.54) is 36.7 Å². The van der Waals surface area contributed by atoms with Crippen LogP contribution in [0.3, 0.4) is 0 Å². The second-order valence-corrected chi connectivity index (χ2v) is 8.10. The lowest BCUT2D eigenvalue weighted by atomic mass is 10.1. The molecule has 1 aromatic heterocycles. The Hall–Kier alpha value is -3.72. The van der Waals surface area contributed by atoms with Gasteiger partial charge >= 0.3 is 12.2 Å². The van der Waals surface area contributed by atoms with E-state index >= 15 is 0 Å². The predicted octanol–water partition coefficient (Wildman–Crippen LogP) is 3.90. The molecule has 1 aliphatic heterocycles. The molecule has 0 saturated carbocycles. The largest absolute Gasteiger partial charge is 0.489 e. The standard InChI is InChI=1S/C19H13F3N4O4S/c20-19(21,22)13-1-3-15(12(9-13)11-23)26-6-8-29-17-10-14(2-4-16(17)26)31(27,28)25-18-24-5-7-30-18/h1-5,7,9-10H,6,8H2,(H,24,25). The molecular formula is C19H13F3N4O4S. The van der Waals surface area contributed by atoms with Crippen LogP contribution in [0.2, 0.25) is 0 Å². The summed E-state index contributed by atoms with van der Waals surface area (Å²) in [7, 11) is -4.02. The van der Waals surface area contributed by atoms with Gasteiger partial charge in [0, 0.05) is 6.07 Å². The predicted molar refractivity (Wildman–Crippen MR) is 102 cm³/mol. The number of hydrogen-bond acceptors (Lipinski definition) is 7. The molecule has 1 aliphatic rings. The number of alkyl halides is 3. The Morgan fingerprint density at radius 3 is 2.61 bits per heavy atom. The maximum atomic E-state index is 13.0. The van der Waals surface area contributed by atoms with Crippen molar-refractivity contribution in [2.75, 3.05) is 22.8 Å². The molecule has 1 N–H and O–H groups in total. The lowest BCUT2D eigenvalue weighted by Crippen LogP contribution is -2.29. The van der Waals surface area contributed by atoms with E-state index in [2.05, 4.69) is 9.71 Å². The molecular weight excluding hydrogens is 437 g/mol. The first-order valence-corrected chi connectivity index (χ1v) is 10.3. The van der Waals surface area contributed by atoms with Crippen LogP contribution in [0.4, 0.5) is 30.6 Å². The molecule has 0 aliphatic carbocycles. The van der Waals surface area contributed by atoms with E-state index < -0.39 is 21.8 Å². The fraction of sp³-hybridized carbons (Fsp3) is 0.158. The second kappa shape index (κ2) is 7.51. The lowest BCUT2D eigenvalue weighted by Gasteiger charge is -2.32. The van der Waals surface area contributed by atoms with Gasteiger partial charge in [-0.3, -0.25) is 0 Å². The van der Waals surface area contributed by atoms with Crippen molar-refractivity contribution < 1.29 is 30.7 Å². The first-order chi connectivity index (χ1) is 14.7. The second-order valence-electron chi connectivity index (χ2n) is 6.41. The molecule has 8 nitrogen and oxygen atoms in total. The molecule has 12 heteroatoms. The van der Waals surface area contributed by atoms with Crippen LogP contribution in [-0.2, 0) is 16.2 Å². The van der Waals surface area contributed by atoms with Crippen molar-refractivity contribution in [2.45, 2.75) is 11.1 Å². The highest BCUT2D eigenvalue weighted by Crippen LogP contribution is 2.41. The number of ether oxygens (including phenoxy) is 1. The summed E-state index contributed by atoms with van der Waals surface area (Å²) in [4.78, 5) is 5.18. The van der Waals surface area contributed by atoms with Crippen LogP contribution in [0.25, 0.3) is 0 Å². The van der Waals surface area contributed by atoms with Gasteiger partial charge in [0.1, 0.15) is 24.7 Å². The molecule has 0 atom stereocenters. The van der Waals surface area contributed by atoms with Crippen LogP contribution in [0, 0.1) is 11.3 Å². The molecule has 0 radical (unpaired) electrons. The molecule has 3 aromatic rings. The molecule has 0 saturated heterocycles. The number of anilines is 3. The number of sulfonamides is 1. The molecule has 0 amide bonds. The number of nitrogens with one attached hydrogen (secondary N) is 1. The Morgan fingerprint density at radius 1 is 1.16 bits per heavy atom. The number of nitriles is 1. The van der Waals surface area contributed by atoms with Crippen molar-refractivity contribution in [3.8, 4) is 11.8 Å². The quantitative estimate of drug-likeness (QED) is 0.642. The van der Waals surface area contributed by atoms with E-state index in [9.17, 15) is 26.9 Å². The molecule has 0 bridgehead atoms. The molecule has 4 rings (SSSR count). The van der Waals surface area contributed by atoms with Gasteiger partial charge in [0.25, 0.3) is 10.0 Å². The summed E-state index contributed by atoms with van der Waals surface area (Å²) in [6.07, 6.45) is -2.09. The van der Waals surface area contributed by atoms with Gasteiger partial charge in [-0.2, -0.15) is 18.4 Å². The Morgan fingerprint density at radius 2 is 1.94 bits per heavy atom. The first kappa shape index (κ1) is 20.5. The summed E-state index contributed by atoms with van der Waals surface area (Å²) in [6, 6.07) is 8.52. The van der Waals surface area contributed by atoms with E-state index in [0.29, 0.717) is 5.69 Å². The molecule has 31 heavy (non-hydrogen) atoms. The zero-order valence-corrected chi connectivity index (χ0v) is 16.4. The minimum Gasteiger partial charge on any atom is -0.489 e. The summed E-state index contributed by atoms with van der Waals surface area (Å²) in [5.41, 5.74) is -0.420. The van der Waals surface area contributed by atoms with Gasteiger partial charge < -0.3 is 14.1 Å². The number of hydrogen-bond donors (Lipinski definition) is 1. The summed E-state index contributed by atoms with van der Waals surface area (Å²) in [5, 5.41) is 9.38. The van der Waals surface area contributed by atoms with Gasteiger partial charge in [0.2, 0.25) is 0 Å². The SMILES string of the molecule is N#Cc1cc(C(F)(F)F)ccc1N1CCOc2cc(S(=O)(=O)Nc3ncco3)ccc21. The van der Waals surface area contributed by atoms with Crippen molar-refractivity contribution in [3.05, 3.63) is 60.0 Å². The third-order valence-corrected chi connectivity index (χ3v) is 5.81.